The summed E-state index contributed by atoms with van der Waals surface area (Å²) >= 11 is 0. The maximum absolute atomic E-state index is 13.5. The Balaban J connectivity index is 1.86. The fourth-order valence-electron chi connectivity index (χ4n) is 5.55. The molecule has 30 heavy (non-hydrogen) atoms. The largest absolute Gasteiger partial charge is 0.357 e. The lowest BCUT2D eigenvalue weighted by Crippen LogP contribution is -2.45. The molecular weight excluding hydrogens is 372 g/mol. The van der Waals surface area contributed by atoms with Gasteiger partial charge in [-0.1, -0.05) is 51.5 Å². The number of ketones is 1. The minimum Gasteiger partial charge on any atom is -0.357 e. The third-order valence-electron chi connectivity index (χ3n) is 7.61. The molecule has 4 nitrogen and oxygen atoms in total. The molecule has 0 spiro atoms. The summed E-state index contributed by atoms with van der Waals surface area (Å²) in [6.45, 7) is 12.7. The summed E-state index contributed by atoms with van der Waals surface area (Å²) in [4.78, 5) is 28.3. The fraction of sp³-hybridized carbons (Fsp3) is 0.538. The molecule has 4 rings (SSSR count). The van der Waals surface area contributed by atoms with Gasteiger partial charge in [-0.3, -0.25) is 9.59 Å². The molecule has 1 aliphatic heterocycles. The summed E-state index contributed by atoms with van der Waals surface area (Å²) in [6.07, 6.45) is 5.46. The highest BCUT2D eigenvalue weighted by atomic mass is 16.2. The molecule has 0 fully saturated rings. The van der Waals surface area contributed by atoms with E-state index in [2.05, 4.69) is 46.0 Å². The predicted molar refractivity (Wildman–Crippen MR) is 122 cm³/mol. The lowest BCUT2D eigenvalue weighted by atomic mass is 9.70. The van der Waals surface area contributed by atoms with Gasteiger partial charge >= 0.3 is 0 Å². The van der Waals surface area contributed by atoms with Gasteiger partial charge < -0.3 is 10.2 Å². The average molecular weight is 407 g/mol. The molecule has 1 aromatic rings. The molecule has 3 aliphatic rings. The van der Waals surface area contributed by atoms with Crippen molar-refractivity contribution in [3.63, 3.8) is 0 Å². The van der Waals surface area contributed by atoms with Crippen LogP contribution in [-0.4, -0.2) is 17.7 Å². The normalized spacial score (nSPS) is 27.1. The molecule has 2 aliphatic carbocycles. The Morgan fingerprint density at radius 3 is 2.50 bits per heavy atom. The van der Waals surface area contributed by atoms with E-state index in [-0.39, 0.29) is 28.6 Å². The minimum absolute atomic E-state index is 0.0129. The number of nitrogens with zero attached hydrogens (tertiary/aromatic N) is 1. The van der Waals surface area contributed by atoms with Crippen molar-refractivity contribution in [1.82, 2.24) is 0 Å². The number of nitrogens with one attached hydrogen (secondary N) is 1. The molecular formula is C26H34N2O2. The van der Waals surface area contributed by atoms with Gasteiger partial charge in [0.05, 0.1) is 17.4 Å². The van der Waals surface area contributed by atoms with Crippen LogP contribution in [0.5, 0.6) is 0 Å². The summed E-state index contributed by atoms with van der Waals surface area (Å²) in [5.74, 6) is 0.561. The zero-order chi connectivity index (χ0) is 21.8. The third kappa shape index (κ3) is 3.40. The molecule has 0 radical (unpaired) electrons. The third-order valence-corrected chi connectivity index (χ3v) is 7.61. The number of rotatable bonds is 2. The van der Waals surface area contributed by atoms with Crippen LogP contribution in [0.2, 0.25) is 0 Å². The highest BCUT2D eigenvalue weighted by Gasteiger charge is 2.45. The molecule has 0 saturated carbocycles. The first-order valence-corrected chi connectivity index (χ1v) is 11.1. The molecule has 0 aromatic heterocycles. The Morgan fingerprint density at radius 1 is 1.17 bits per heavy atom. The van der Waals surface area contributed by atoms with Crippen LogP contribution in [0.4, 0.5) is 11.4 Å². The van der Waals surface area contributed by atoms with E-state index >= 15 is 0 Å². The number of amides is 1. The number of para-hydroxylation sites is 2. The van der Waals surface area contributed by atoms with Gasteiger partial charge in [0, 0.05) is 24.6 Å². The fourth-order valence-corrected chi connectivity index (χ4v) is 5.55. The second-order valence-electron chi connectivity index (χ2n) is 10.7. The van der Waals surface area contributed by atoms with Crippen molar-refractivity contribution in [3.8, 4) is 0 Å². The molecule has 1 N–H and O–H groups in total. The van der Waals surface area contributed by atoms with Crippen LogP contribution in [0.15, 0.2) is 47.2 Å². The molecule has 0 bridgehead atoms. The Hall–Kier alpha value is -2.36. The molecule has 4 heteroatoms. The molecule has 0 unspecified atom stereocenters. The van der Waals surface area contributed by atoms with Crippen LogP contribution < -0.4 is 10.2 Å². The van der Waals surface area contributed by atoms with Gasteiger partial charge in [-0.25, -0.2) is 0 Å². The highest BCUT2D eigenvalue weighted by molar-refractivity contribution is 6.05. The summed E-state index contributed by atoms with van der Waals surface area (Å²) in [6, 6.07) is 7.72. The van der Waals surface area contributed by atoms with E-state index in [4.69, 9.17) is 0 Å². The topological polar surface area (TPSA) is 49.4 Å². The van der Waals surface area contributed by atoms with Gasteiger partial charge in [0.25, 0.3) is 0 Å². The van der Waals surface area contributed by atoms with Crippen molar-refractivity contribution in [2.75, 3.05) is 10.2 Å². The van der Waals surface area contributed by atoms with Crippen molar-refractivity contribution >= 4 is 23.1 Å². The monoisotopic (exact) mass is 406 g/mol. The molecule has 0 saturated heterocycles. The summed E-state index contributed by atoms with van der Waals surface area (Å²) < 4.78 is 0. The van der Waals surface area contributed by atoms with Gasteiger partial charge in [-0.05, 0) is 55.1 Å². The quantitative estimate of drug-likeness (QED) is 0.626. The number of carbonyl (C=O) groups excluding carboxylic acids is 2. The zero-order valence-electron chi connectivity index (χ0n) is 19.1. The van der Waals surface area contributed by atoms with Crippen LogP contribution in [0.25, 0.3) is 0 Å². The first kappa shape index (κ1) is 20.9. The molecule has 2 atom stereocenters. The van der Waals surface area contributed by atoms with E-state index in [0.717, 1.165) is 41.9 Å². The first-order chi connectivity index (χ1) is 14.0. The standard InChI is InChI=1S/C26H34N2O2/c1-16-11-12-18(26(16,5)6)13-22-24-20(14-25(3,4)15-23(24)30)27-19-9-7-8-10-21(19)28(22)17(2)29/h7-11,18,22,27H,12-15H2,1-6H3/t18-,22-/m1/s1. The summed E-state index contributed by atoms with van der Waals surface area (Å²) in [7, 11) is 0. The maximum atomic E-state index is 13.5. The van der Waals surface area contributed by atoms with Crippen molar-refractivity contribution in [1.29, 1.82) is 0 Å². The maximum Gasteiger partial charge on any atom is 0.224 e. The number of hydrogen-bond donors (Lipinski definition) is 1. The Labute approximate surface area is 180 Å². The van der Waals surface area contributed by atoms with Crippen LogP contribution in [-0.2, 0) is 9.59 Å². The zero-order valence-corrected chi connectivity index (χ0v) is 19.1. The highest BCUT2D eigenvalue weighted by Crippen LogP contribution is 2.49. The van der Waals surface area contributed by atoms with Crippen LogP contribution in [0.1, 0.15) is 67.2 Å². The second kappa shape index (κ2) is 7.11. The number of Topliss-reactive ketones (excluding diaryl/α,β-unsaturated/α-hetero) is 1. The number of hydrogen-bond acceptors (Lipinski definition) is 3. The van der Waals surface area contributed by atoms with Gasteiger partial charge in [0.1, 0.15) is 0 Å². The Bertz CT molecular complexity index is 967. The van der Waals surface area contributed by atoms with Crippen molar-refractivity contribution < 1.29 is 9.59 Å². The van der Waals surface area contributed by atoms with Gasteiger partial charge in [0.15, 0.2) is 5.78 Å². The van der Waals surface area contributed by atoms with E-state index in [9.17, 15) is 9.59 Å². The summed E-state index contributed by atoms with van der Waals surface area (Å²) in [5.41, 5.74) is 4.99. The number of fused-ring (bicyclic) bond motifs is 1. The first-order valence-electron chi connectivity index (χ1n) is 11.1. The van der Waals surface area contributed by atoms with Crippen LogP contribution >= 0.6 is 0 Å². The number of carbonyl (C=O) groups is 2. The van der Waals surface area contributed by atoms with E-state index in [0.29, 0.717) is 12.3 Å². The van der Waals surface area contributed by atoms with Crippen molar-refractivity contribution in [2.45, 2.75) is 73.3 Å². The molecule has 1 aromatic carbocycles. The Kier molecular flexibility index (Phi) is 4.95. The smallest absolute Gasteiger partial charge is 0.224 e. The SMILES string of the molecule is CC(=O)N1c2ccccc2NC2=C(C(=O)CC(C)(C)C2)[C@H]1C[C@H]1CC=C(C)C1(C)C. The lowest BCUT2D eigenvalue weighted by Gasteiger charge is -2.40. The van der Waals surface area contributed by atoms with Crippen LogP contribution in [0, 0.1) is 16.7 Å². The van der Waals surface area contributed by atoms with Crippen molar-refractivity contribution in [2.24, 2.45) is 16.7 Å². The number of anilines is 2. The average Bonchev–Trinajstić information content (AvgIpc) is 2.81. The molecule has 1 amide bonds. The molecule has 1 heterocycles. The van der Waals surface area contributed by atoms with E-state index in [1.165, 1.54) is 5.57 Å². The summed E-state index contributed by atoms with van der Waals surface area (Å²) in [5, 5.41) is 3.57. The van der Waals surface area contributed by atoms with Crippen molar-refractivity contribution in [3.05, 3.63) is 47.2 Å². The van der Waals surface area contributed by atoms with E-state index in [1.807, 2.05) is 29.2 Å². The van der Waals surface area contributed by atoms with Gasteiger partial charge in [0.2, 0.25) is 5.91 Å². The predicted octanol–water partition coefficient (Wildman–Crippen LogP) is 5.86. The van der Waals surface area contributed by atoms with Gasteiger partial charge in [-0.2, -0.15) is 0 Å². The van der Waals surface area contributed by atoms with E-state index < -0.39 is 0 Å². The lowest BCUT2D eigenvalue weighted by molar-refractivity contribution is -0.118. The minimum atomic E-state index is -0.235. The van der Waals surface area contributed by atoms with Crippen LogP contribution in [0.3, 0.4) is 0 Å². The second-order valence-corrected chi connectivity index (χ2v) is 10.7. The molecule has 160 valence electrons. The number of allylic oxidation sites excluding steroid dienone is 3. The Morgan fingerprint density at radius 2 is 1.87 bits per heavy atom. The van der Waals surface area contributed by atoms with Gasteiger partial charge in [-0.15, -0.1) is 0 Å². The number of benzene rings is 1. The van der Waals surface area contributed by atoms with E-state index in [1.54, 1.807) is 6.92 Å².